The highest BCUT2D eigenvalue weighted by Gasteiger charge is 2.51. The monoisotopic (exact) mass is 924 g/mol. The molecule has 8 heteroatoms. The zero-order chi connectivity index (χ0) is 45.0. The fourth-order valence-electron chi connectivity index (χ4n) is 11.2. The van der Waals surface area contributed by atoms with Crippen LogP contribution < -0.4 is 0 Å². The molecule has 4 aromatic heterocycles. The Labute approximate surface area is 397 Å². The molecule has 4 aromatic rings. The lowest BCUT2D eigenvalue weighted by Crippen LogP contribution is -2.34. The van der Waals surface area contributed by atoms with E-state index in [0.717, 1.165) is 72.5 Å². The zero-order valence-corrected chi connectivity index (χ0v) is 43.6. The molecule has 0 saturated carbocycles. The minimum atomic E-state index is 0.0130. The molecule has 0 aromatic carbocycles. The van der Waals surface area contributed by atoms with Crippen molar-refractivity contribution >= 4 is 68.6 Å². The van der Waals surface area contributed by atoms with Crippen LogP contribution in [0.15, 0.2) is 47.5 Å². The van der Waals surface area contributed by atoms with Crippen LogP contribution in [0.3, 0.4) is 0 Å². The van der Waals surface area contributed by atoms with Crippen molar-refractivity contribution in [3.05, 3.63) is 78.2 Å². The molecule has 0 fully saturated rings. The lowest BCUT2D eigenvalue weighted by molar-refractivity contribution is -0.124. The molecule has 0 saturated heterocycles. The normalized spacial score (nSPS) is 19.1. The Balaban J connectivity index is 1.37. The van der Waals surface area contributed by atoms with E-state index in [-0.39, 0.29) is 17.2 Å². The second kappa shape index (κ2) is 21.2. The summed E-state index contributed by atoms with van der Waals surface area (Å²) in [7, 11) is 0. The molecule has 3 aliphatic rings. The van der Waals surface area contributed by atoms with E-state index in [0.29, 0.717) is 47.9 Å². The van der Waals surface area contributed by atoms with Gasteiger partial charge in [0.25, 0.3) is 11.8 Å². The molecule has 4 nitrogen and oxygen atoms in total. The van der Waals surface area contributed by atoms with Gasteiger partial charge in [-0.2, -0.15) is 0 Å². The van der Waals surface area contributed by atoms with Crippen molar-refractivity contribution < 1.29 is 9.59 Å². The van der Waals surface area contributed by atoms with E-state index >= 15 is 9.59 Å². The second-order valence-corrected chi connectivity index (χ2v) is 23.9. The molecule has 0 spiro atoms. The van der Waals surface area contributed by atoms with Gasteiger partial charge in [-0.25, -0.2) is 0 Å². The first kappa shape index (κ1) is 48.2. The van der Waals surface area contributed by atoms with Gasteiger partial charge < -0.3 is 9.80 Å². The second-order valence-electron chi connectivity index (χ2n) is 19.3. The third-order valence-electron chi connectivity index (χ3n) is 14.9. The predicted molar refractivity (Wildman–Crippen MR) is 276 cm³/mol. The fraction of sp³-hybridized carbons (Fsp3) is 0.600. The molecule has 0 bridgehead atoms. The Morgan fingerprint density at radius 1 is 0.492 bits per heavy atom. The van der Waals surface area contributed by atoms with Crippen molar-refractivity contribution in [2.45, 2.75) is 177 Å². The number of carbonyl (C=O) groups is 2. The topological polar surface area (TPSA) is 40.6 Å². The molecule has 7 rings (SSSR count). The summed E-state index contributed by atoms with van der Waals surface area (Å²) in [6.45, 7) is 24.3. The number of unbranched alkanes of at least 4 members (excludes halogenated alkanes) is 2. The third-order valence-corrected chi connectivity index (χ3v) is 19.5. The Bertz CT molecular complexity index is 2260. The van der Waals surface area contributed by atoms with Gasteiger partial charge in [0.2, 0.25) is 0 Å². The van der Waals surface area contributed by atoms with E-state index in [9.17, 15) is 0 Å². The van der Waals surface area contributed by atoms with Crippen LogP contribution in [-0.4, -0.2) is 34.7 Å². The fourth-order valence-corrected chi connectivity index (χ4v) is 15.8. The summed E-state index contributed by atoms with van der Waals surface area (Å²) in [6.07, 6.45) is 18.7. The summed E-state index contributed by atoms with van der Waals surface area (Å²) >= 11 is 7.49. The molecule has 1 aliphatic carbocycles. The average molecular weight is 925 g/mol. The van der Waals surface area contributed by atoms with Crippen LogP contribution in [0.5, 0.6) is 0 Å². The highest BCUT2D eigenvalue weighted by molar-refractivity contribution is 7.27. The van der Waals surface area contributed by atoms with Gasteiger partial charge in [-0.15, -0.1) is 45.3 Å². The summed E-state index contributed by atoms with van der Waals surface area (Å²) in [5.74, 6) is 2.17. The Morgan fingerprint density at radius 2 is 0.968 bits per heavy atom. The predicted octanol–water partition coefficient (Wildman–Crippen LogP) is 17.2. The van der Waals surface area contributed by atoms with E-state index in [1.165, 1.54) is 80.6 Å². The van der Waals surface area contributed by atoms with Crippen LogP contribution in [0.2, 0.25) is 0 Å². The van der Waals surface area contributed by atoms with Crippen molar-refractivity contribution in [2.75, 3.05) is 13.1 Å². The molecular weight excluding hydrogens is 849 g/mol. The van der Waals surface area contributed by atoms with Gasteiger partial charge in [0.1, 0.15) is 0 Å². The molecule has 2 aliphatic heterocycles. The lowest BCUT2D eigenvalue weighted by Gasteiger charge is -2.37. The van der Waals surface area contributed by atoms with Crippen molar-refractivity contribution in [1.29, 1.82) is 0 Å². The molecule has 2 amide bonds. The molecule has 0 N–H and O–H groups in total. The number of hydrogen-bond donors (Lipinski definition) is 0. The Hall–Kier alpha value is -2.78. The van der Waals surface area contributed by atoms with E-state index in [4.69, 9.17) is 0 Å². The molecule has 0 radical (unpaired) electrons. The molecular formula is C55H76N2O2S4. The maximum absolute atomic E-state index is 15.2. The van der Waals surface area contributed by atoms with Crippen molar-refractivity contribution in [3.8, 4) is 19.5 Å². The third kappa shape index (κ3) is 9.45. The van der Waals surface area contributed by atoms with E-state index in [1.54, 1.807) is 33.8 Å². The van der Waals surface area contributed by atoms with Gasteiger partial charge in [-0.3, -0.25) is 9.59 Å². The van der Waals surface area contributed by atoms with Crippen LogP contribution >= 0.6 is 45.3 Å². The first-order valence-electron chi connectivity index (χ1n) is 25.1. The summed E-state index contributed by atoms with van der Waals surface area (Å²) in [6, 6.07) is 14.0. The van der Waals surface area contributed by atoms with Crippen LogP contribution in [-0.2, 0) is 15.0 Å². The number of fused-ring (bicyclic) bond motifs is 4. The van der Waals surface area contributed by atoms with Crippen LogP contribution in [0.1, 0.15) is 189 Å². The summed E-state index contributed by atoms with van der Waals surface area (Å²) in [4.78, 5) is 44.8. The van der Waals surface area contributed by atoms with Gasteiger partial charge in [0.15, 0.2) is 0 Å². The first-order valence-corrected chi connectivity index (χ1v) is 28.3. The lowest BCUT2D eigenvalue weighted by atomic mass is 9.66. The minimum Gasteiger partial charge on any atom is -0.306 e. The maximum Gasteiger partial charge on any atom is 0.261 e. The highest BCUT2D eigenvalue weighted by atomic mass is 32.1. The van der Waals surface area contributed by atoms with Crippen LogP contribution in [0, 0.1) is 37.5 Å². The largest absolute Gasteiger partial charge is 0.306 e. The number of thiophene rings is 4. The minimum absolute atomic E-state index is 0.0130. The first-order chi connectivity index (χ1) is 30.5. The number of amides is 2. The van der Waals surface area contributed by atoms with Gasteiger partial charge in [0, 0.05) is 47.8 Å². The van der Waals surface area contributed by atoms with Crippen molar-refractivity contribution in [3.63, 3.8) is 0 Å². The van der Waals surface area contributed by atoms with E-state index < -0.39 is 0 Å². The van der Waals surface area contributed by atoms with Crippen molar-refractivity contribution in [1.82, 2.24) is 9.80 Å². The SMILES string of the molecule is CCCCC(CC)CN1C(=O)C2=C(c3ccc(-c4cc5c(s4)-c4sc(C)cc4C5(CC(CC)CCC)CC(CC)CCC)s3)N(CC(CC)CCCC)C(=O)C2=C1c1ccc(C)s1. The van der Waals surface area contributed by atoms with Crippen molar-refractivity contribution in [2.24, 2.45) is 23.7 Å². The number of rotatable bonds is 25. The molecule has 63 heavy (non-hydrogen) atoms. The standard InChI is InChI=1S/C55H76N2O2S4/c1-11-19-23-39(17-7)33-56-49(44-26-25-35(9)60-44)47-48(54(56)59)50(57(53(47)58)34-40(18-8)24-20-12-2)45-28-27-43(62-45)46-30-42-52(63-46)51-41(29-36(10)61-51)55(42,31-37(15-5)21-13-3)32-38(16-6)22-14-4/h25-30,37-40H,11-24,31-34H2,1-10H3. The number of aryl methyl sites for hydroxylation is 2. The molecule has 6 heterocycles. The quantitative estimate of drug-likeness (QED) is 0.0664. The maximum atomic E-state index is 15.2. The number of carbonyl (C=O) groups excluding carboxylic acids is 2. The Kier molecular flexibility index (Phi) is 16.2. The smallest absolute Gasteiger partial charge is 0.261 e. The summed E-state index contributed by atoms with van der Waals surface area (Å²) in [5, 5.41) is 0. The number of nitrogens with zero attached hydrogens (tertiary/aromatic N) is 2. The molecule has 4 unspecified atom stereocenters. The zero-order valence-electron chi connectivity index (χ0n) is 40.3. The number of hydrogen-bond acceptors (Lipinski definition) is 6. The molecule has 4 atom stereocenters. The van der Waals surface area contributed by atoms with Crippen LogP contribution in [0.25, 0.3) is 30.9 Å². The van der Waals surface area contributed by atoms with E-state index in [1.807, 2.05) is 32.5 Å². The molecule has 342 valence electrons. The van der Waals surface area contributed by atoms with E-state index in [2.05, 4.69) is 106 Å². The van der Waals surface area contributed by atoms with Gasteiger partial charge >= 0.3 is 0 Å². The Morgan fingerprint density at radius 3 is 1.44 bits per heavy atom. The average Bonchev–Trinajstić information content (AvgIpc) is 4.16. The van der Waals surface area contributed by atoms with Gasteiger partial charge in [-0.1, -0.05) is 132 Å². The van der Waals surface area contributed by atoms with Gasteiger partial charge in [0.05, 0.1) is 32.3 Å². The highest BCUT2D eigenvalue weighted by Crippen LogP contribution is 2.62. The van der Waals surface area contributed by atoms with Gasteiger partial charge in [-0.05, 0) is 111 Å². The van der Waals surface area contributed by atoms with Crippen LogP contribution in [0.4, 0.5) is 0 Å². The summed E-state index contributed by atoms with van der Waals surface area (Å²) < 4.78 is 0. The summed E-state index contributed by atoms with van der Waals surface area (Å²) in [5.41, 5.74) is 6.19.